The van der Waals surface area contributed by atoms with Gasteiger partial charge < -0.3 is 5.73 Å². The van der Waals surface area contributed by atoms with E-state index >= 15 is 0 Å². The molecule has 1 heterocycles. The van der Waals surface area contributed by atoms with E-state index in [1.165, 1.54) is 0 Å². The van der Waals surface area contributed by atoms with Gasteiger partial charge in [-0.2, -0.15) is 0 Å². The molecule has 1 aliphatic rings. The molecule has 0 aromatic carbocycles. The fourth-order valence-electron chi connectivity index (χ4n) is 2.74. The van der Waals surface area contributed by atoms with Crippen LogP contribution in [-0.2, 0) is 0 Å². The molecule has 1 saturated carbocycles. The lowest BCUT2D eigenvalue weighted by atomic mass is 9.67. The maximum absolute atomic E-state index is 12.7. The standard InChI is InChI=1S/C14H21NOS/c1-10-3-6-14(9-15,7-4-10)13(16)12-5-8-17-11(12)2/h5,8,10H,3-4,6-7,9,15H2,1-2H3. The average Bonchev–Trinajstić information content (AvgIpc) is 2.76. The van der Waals surface area contributed by atoms with Gasteiger partial charge in [-0.05, 0) is 50.0 Å². The van der Waals surface area contributed by atoms with Crippen molar-refractivity contribution in [3.05, 3.63) is 21.9 Å². The highest BCUT2D eigenvalue weighted by Crippen LogP contribution is 2.41. The lowest BCUT2D eigenvalue weighted by Crippen LogP contribution is -2.41. The third-order valence-electron chi connectivity index (χ3n) is 4.21. The number of rotatable bonds is 3. The fraction of sp³-hybridized carbons (Fsp3) is 0.643. The Morgan fingerprint density at radius 3 is 2.65 bits per heavy atom. The average molecular weight is 251 g/mol. The topological polar surface area (TPSA) is 43.1 Å². The summed E-state index contributed by atoms with van der Waals surface area (Å²) in [6.45, 7) is 4.78. The van der Waals surface area contributed by atoms with E-state index in [4.69, 9.17) is 5.73 Å². The number of hydrogen-bond donors (Lipinski definition) is 1. The number of ketones is 1. The van der Waals surface area contributed by atoms with Crippen LogP contribution < -0.4 is 5.73 Å². The number of aryl methyl sites for hydroxylation is 1. The summed E-state index contributed by atoms with van der Waals surface area (Å²) in [6, 6.07) is 1.96. The van der Waals surface area contributed by atoms with E-state index in [1.54, 1.807) is 11.3 Å². The van der Waals surface area contributed by atoms with E-state index < -0.39 is 0 Å². The summed E-state index contributed by atoms with van der Waals surface area (Å²) in [5, 5.41) is 2.00. The lowest BCUT2D eigenvalue weighted by molar-refractivity contribution is 0.0695. The predicted molar refractivity (Wildman–Crippen MR) is 72.5 cm³/mol. The third kappa shape index (κ3) is 2.31. The molecule has 0 saturated heterocycles. The second-order valence-corrected chi connectivity index (χ2v) is 6.51. The van der Waals surface area contributed by atoms with Gasteiger partial charge in [0.2, 0.25) is 0 Å². The molecule has 1 aliphatic carbocycles. The summed E-state index contributed by atoms with van der Waals surface area (Å²) in [4.78, 5) is 13.8. The van der Waals surface area contributed by atoms with Crippen molar-refractivity contribution in [2.45, 2.75) is 39.5 Å². The van der Waals surface area contributed by atoms with Gasteiger partial charge in [0.25, 0.3) is 0 Å². The minimum atomic E-state index is -0.279. The van der Waals surface area contributed by atoms with Gasteiger partial charge in [0.15, 0.2) is 5.78 Å². The van der Waals surface area contributed by atoms with Crippen molar-refractivity contribution < 1.29 is 4.79 Å². The number of carbonyl (C=O) groups is 1. The molecule has 2 rings (SSSR count). The summed E-state index contributed by atoms with van der Waals surface area (Å²) in [5.41, 5.74) is 6.54. The van der Waals surface area contributed by atoms with Gasteiger partial charge >= 0.3 is 0 Å². The first-order chi connectivity index (χ1) is 8.09. The van der Waals surface area contributed by atoms with E-state index in [2.05, 4.69) is 6.92 Å². The molecule has 17 heavy (non-hydrogen) atoms. The SMILES string of the molecule is Cc1sccc1C(=O)C1(CN)CCC(C)CC1. The van der Waals surface area contributed by atoms with Crippen LogP contribution in [0.4, 0.5) is 0 Å². The van der Waals surface area contributed by atoms with Gasteiger partial charge in [0, 0.05) is 22.4 Å². The van der Waals surface area contributed by atoms with Gasteiger partial charge in [0.05, 0.1) is 0 Å². The van der Waals surface area contributed by atoms with Crippen LogP contribution in [0, 0.1) is 18.3 Å². The second-order valence-electron chi connectivity index (χ2n) is 5.39. The van der Waals surface area contributed by atoms with Gasteiger partial charge in [-0.3, -0.25) is 4.79 Å². The zero-order chi connectivity index (χ0) is 12.5. The van der Waals surface area contributed by atoms with Crippen molar-refractivity contribution >= 4 is 17.1 Å². The maximum Gasteiger partial charge on any atom is 0.171 e. The molecule has 1 fully saturated rings. The van der Waals surface area contributed by atoms with Crippen molar-refractivity contribution in [1.29, 1.82) is 0 Å². The van der Waals surface area contributed by atoms with Crippen LogP contribution in [0.15, 0.2) is 11.4 Å². The van der Waals surface area contributed by atoms with Crippen LogP contribution in [0.3, 0.4) is 0 Å². The molecule has 94 valence electrons. The van der Waals surface area contributed by atoms with Crippen LogP contribution in [-0.4, -0.2) is 12.3 Å². The van der Waals surface area contributed by atoms with Gasteiger partial charge in [0.1, 0.15) is 0 Å². The summed E-state index contributed by atoms with van der Waals surface area (Å²) in [7, 11) is 0. The first kappa shape index (κ1) is 12.8. The summed E-state index contributed by atoms with van der Waals surface area (Å²) >= 11 is 1.64. The minimum Gasteiger partial charge on any atom is -0.329 e. The van der Waals surface area contributed by atoms with Crippen molar-refractivity contribution in [1.82, 2.24) is 0 Å². The fourth-order valence-corrected chi connectivity index (χ4v) is 3.44. The van der Waals surface area contributed by atoms with Gasteiger partial charge in [-0.15, -0.1) is 11.3 Å². The van der Waals surface area contributed by atoms with E-state index in [1.807, 2.05) is 18.4 Å². The molecular weight excluding hydrogens is 230 g/mol. The molecule has 0 bridgehead atoms. The smallest absolute Gasteiger partial charge is 0.171 e. The number of hydrogen-bond acceptors (Lipinski definition) is 3. The summed E-state index contributed by atoms with van der Waals surface area (Å²) < 4.78 is 0. The van der Waals surface area contributed by atoms with Crippen molar-refractivity contribution in [2.75, 3.05) is 6.54 Å². The summed E-state index contributed by atoms with van der Waals surface area (Å²) in [6.07, 6.45) is 4.18. The molecule has 3 heteroatoms. The Kier molecular flexibility index (Phi) is 3.69. The molecule has 2 N–H and O–H groups in total. The quantitative estimate of drug-likeness (QED) is 0.837. The van der Waals surface area contributed by atoms with Gasteiger partial charge in [-0.1, -0.05) is 6.92 Å². The highest BCUT2D eigenvalue weighted by Gasteiger charge is 2.40. The normalized spacial score (nSPS) is 29.2. The molecule has 0 radical (unpaired) electrons. The number of nitrogens with two attached hydrogens (primary N) is 1. The lowest BCUT2D eigenvalue weighted by Gasteiger charge is -2.37. The zero-order valence-electron chi connectivity index (χ0n) is 10.7. The monoisotopic (exact) mass is 251 g/mol. The Morgan fingerprint density at radius 2 is 2.18 bits per heavy atom. The largest absolute Gasteiger partial charge is 0.329 e. The Bertz CT molecular complexity index is 402. The second kappa shape index (κ2) is 4.91. The van der Waals surface area contributed by atoms with E-state index in [9.17, 15) is 4.79 Å². The Hall–Kier alpha value is -0.670. The number of thiophene rings is 1. The van der Waals surface area contributed by atoms with E-state index in [0.717, 1.165) is 42.0 Å². The van der Waals surface area contributed by atoms with Crippen molar-refractivity contribution in [3.63, 3.8) is 0 Å². The van der Waals surface area contributed by atoms with Crippen LogP contribution in [0.1, 0.15) is 47.8 Å². The molecule has 1 aromatic rings. The Morgan fingerprint density at radius 1 is 1.53 bits per heavy atom. The predicted octanol–water partition coefficient (Wildman–Crippen LogP) is 3.39. The minimum absolute atomic E-state index is 0.279. The molecule has 0 amide bonds. The zero-order valence-corrected chi connectivity index (χ0v) is 11.5. The molecule has 0 spiro atoms. The molecular formula is C14H21NOS. The first-order valence-corrected chi connectivity index (χ1v) is 7.26. The van der Waals surface area contributed by atoms with E-state index in [0.29, 0.717) is 6.54 Å². The van der Waals surface area contributed by atoms with Gasteiger partial charge in [-0.25, -0.2) is 0 Å². The van der Waals surface area contributed by atoms with Crippen LogP contribution in [0.5, 0.6) is 0 Å². The number of Topliss-reactive ketones (excluding diaryl/α,β-unsaturated/α-hetero) is 1. The van der Waals surface area contributed by atoms with Crippen LogP contribution >= 0.6 is 11.3 Å². The molecule has 0 atom stereocenters. The third-order valence-corrected chi connectivity index (χ3v) is 5.05. The molecule has 0 aliphatic heterocycles. The maximum atomic E-state index is 12.7. The van der Waals surface area contributed by atoms with Crippen LogP contribution in [0.2, 0.25) is 0 Å². The molecule has 1 aromatic heterocycles. The summed E-state index contributed by atoms with van der Waals surface area (Å²) in [5.74, 6) is 1.02. The van der Waals surface area contributed by atoms with Crippen molar-refractivity contribution in [2.24, 2.45) is 17.1 Å². The van der Waals surface area contributed by atoms with Crippen LogP contribution in [0.25, 0.3) is 0 Å². The highest BCUT2D eigenvalue weighted by atomic mass is 32.1. The van der Waals surface area contributed by atoms with E-state index in [-0.39, 0.29) is 11.2 Å². The Balaban J connectivity index is 2.24. The van der Waals surface area contributed by atoms with Crippen molar-refractivity contribution in [3.8, 4) is 0 Å². The first-order valence-electron chi connectivity index (χ1n) is 6.38. The highest BCUT2D eigenvalue weighted by molar-refractivity contribution is 7.10. The Labute approximate surface area is 107 Å². The number of carbonyl (C=O) groups excluding carboxylic acids is 1. The molecule has 2 nitrogen and oxygen atoms in total. The molecule has 0 unspecified atom stereocenters.